The van der Waals surface area contributed by atoms with Gasteiger partial charge in [-0.1, -0.05) is 24.3 Å². The van der Waals surface area contributed by atoms with Gasteiger partial charge in [-0.25, -0.2) is 0 Å². The maximum Gasteiger partial charge on any atom is 0.0646 e. The predicted octanol–water partition coefficient (Wildman–Crippen LogP) is 3.22. The second kappa shape index (κ2) is 4.75. The van der Waals surface area contributed by atoms with E-state index in [9.17, 15) is 0 Å². The molecule has 0 bridgehead atoms. The molecule has 1 aromatic heterocycles. The summed E-state index contributed by atoms with van der Waals surface area (Å²) in [4.78, 5) is 1.16. The van der Waals surface area contributed by atoms with E-state index in [4.69, 9.17) is 0 Å². The van der Waals surface area contributed by atoms with Crippen molar-refractivity contribution in [3.8, 4) is 0 Å². The van der Waals surface area contributed by atoms with E-state index < -0.39 is 0 Å². The van der Waals surface area contributed by atoms with Crippen LogP contribution >= 0.6 is 11.3 Å². The number of nitrogens with zero attached hydrogens (tertiary/aromatic N) is 2. The van der Waals surface area contributed by atoms with Crippen molar-refractivity contribution in [3.63, 3.8) is 0 Å². The lowest BCUT2D eigenvalue weighted by Gasteiger charge is -2.11. The molecule has 0 N–H and O–H groups in total. The third-order valence-electron chi connectivity index (χ3n) is 2.03. The number of anilines is 1. The van der Waals surface area contributed by atoms with Crippen molar-refractivity contribution in [1.82, 2.24) is 0 Å². The first-order valence-corrected chi connectivity index (χ1v) is 5.60. The highest BCUT2D eigenvalue weighted by molar-refractivity contribution is 7.11. The molecule has 0 saturated heterocycles. The Morgan fingerprint density at radius 3 is 2.60 bits per heavy atom. The maximum absolute atomic E-state index is 4.36. The van der Waals surface area contributed by atoms with Crippen LogP contribution in [-0.4, -0.2) is 13.3 Å². The van der Waals surface area contributed by atoms with Crippen LogP contribution in [0.15, 0.2) is 52.9 Å². The minimum atomic E-state index is 1.09. The number of hydrogen-bond acceptors (Lipinski definition) is 3. The zero-order valence-corrected chi connectivity index (χ0v) is 9.32. The van der Waals surface area contributed by atoms with Crippen LogP contribution in [0.3, 0.4) is 0 Å². The second-order valence-electron chi connectivity index (χ2n) is 3.12. The Kier molecular flexibility index (Phi) is 3.15. The maximum atomic E-state index is 4.36. The van der Waals surface area contributed by atoms with E-state index in [2.05, 4.69) is 5.10 Å². The molecular formula is C12H12N2S. The molecule has 0 unspecified atom stereocenters. The summed E-state index contributed by atoms with van der Waals surface area (Å²) < 4.78 is 0. The lowest BCUT2D eigenvalue weighted by atomic mass is 10.3. The topological polar surface area (TPSA) is 15.6 Å². The van der Waals surface area contributed by atoms with Gasteiger partial charge in [0.1, 0.15) is 0 Å². The summed E-state index contributed by atoms with van der Waals surface area (Å²) >= 11 is 1.68. The normalized spacial score (nSPS) is 10.7. The Morgan fingerprint density at radius 2 is 1.93 bits per heavy atom. The van der Waals surface area contributed by atoms with E-state index in [1.165, 1.54) is 0 Å². The highest BCUT2D eigenvalue weighted by Gasteiger charge is 1.95. The Labute approximate surface area is 93.5 Å². The Hall–Kier alpha value is -1.61. The van der Waals surface area contributed by atoms with E-state index in [1.807, 2.05) is 66.1 Å². The lowest BCUT2D eigenvalue weighted by Crippen LogP contribution is -2.08. The Balaban J connectivity index is 2.07. The zero-order chi connectivity index (χ0) is 10.5. The molecule has 0 atom stereocenters. The average Bonchev–Trinajstić information content (AvgIpc) is 2.80. The molecule has 0 aliphatic rings. The molecule has 2 rings (SSSR count). The van der Waals surface area contributed by atoms with Crippen molar-refractivity contribution in [2.45, 2.75) is 0 Å². The number of para-hydroxylation sites is 1. The van der Waals surface area contributed by atoms with Crippen LogP contribution < -0.4 is 5.01 Å². The van der Waals surface area contributed by atoms with E-state index in [0.29, 0.717) is 0 Å². The molecule has 2 nitrogen and oxygen atoms in total. The van der Waals surface area contributed by atoms with Crippen molar-refractivity contribution in [3.05, 3.63) is 52.7 Å². The quantitative estimate of drug-likeness (QED) is 0.568. The van der Waals surface area contributed by atoms with Crippen molar-refractivity contribution < 1.29 is 0 Å². The molecule has 1 aromatic carbocycles. The predicted molar refractivity (Wildman–Crippen MR) is 66.8 cm³/mol. The number of rotatable bonds is 3. The highest BCUT2D eigenvalue weighted by atomic mass is 32.1. The van der Waals surface area contributed by atoms with E-state index >= 15 is 0 Å². The summed E-state index contributed by atoms with van der Waals surface area (Å²) in [5, 5.41) is 8.26. The minimum absolute atomic E-state index is 1.09. The highest BCUT2D eigenvalue weighted by Crippen LogP contribution is 2.11. The van der Waals surface area contributed by atoms with E-state index in [1.54, 1.807) is 11.3 Å². The molecule has 0 aliphatic heterocycles. The van der Waals surface area contributed by atoms with Gasteiger partial charge in [0, 0.05) is 11.9 Å². The van der Waals surface area contributed by atoms with Gasteiger partial charge in [0.15, 0.2) is 0 Å². The van der Waals surface area contributed by atoms with Crippen molar-refractivity contribution in [1.29, 1.82) is 0 Å². The van der Waals surface area contributed by atoms with Gasteiger partial charge < -0.3 is 0 Å². The lowest BCUT2D eigenvalue weighted by molar-refractivity contribution is 1.02. The second-order valence-corrected chi connectivity index (χ2v) is 4.10. The van der Waals surface area contributed by atoms with Crippen LogP contribution in [0.4, 0.5) is 5.69 Å². The molecule has 0 saturated carbocycles. The van der Waals surface area contributed by atoms with Crippen molar-refractivity contribution >= 4 is 23.2 Å². The first-order chi connectivity index (χ1) is 7.36. The number of hydrazone groups is 1. The zero-order valence-electron chi connectivity index (χ0n) is 8.50. The first-order valence-electron chi connectivity index (χ1n) is 4.72. The third-order valence-corrected chi connectivity index (χ3v) is 2.84. The monoisotopic (exact) mass is 216 g/mol. The molecule has 0 spiro atoms. The van der Waals surface area contributed by atoms with Crippen LogP contribution in [0.2, 0.25) is 0 Å². The molecule has 15 heavy (non-hydrogen) atoms. The van der Waals surface area contributed by atoms with Crippen LogP contribution in [0.1, 0.15) is 4.88 Å². The fourth-order valence-corrected chi connectivity index (χ4v) is 1.80. The Morgan fingerprint density at radius 1 is 1.13 bits per heavy atom. The smallest absolute Gasteiger partial charge is 0.0646 e. The van der Waals surface area contributed by atoms with Gasteiger partial charge in [-0.3, -0.25) is 5.01 Å². The number of hydrogen-bond donors (Lipinski definition) is 0. The fraction of sp³-hybridized carbons (Fsp3) is 0.0833. The van der Waals surface area contributed by atoms with Gasteiger partial charge in [0.2, 0.25) is 0 Å². The largest absolute Gasteiger partial charge is 0.269 e. The summed E-state index contributed by atoms with van der Waals surface area (Å²) in [6.45, 7) is 0. The van der Waals surface area contributed by atoms with Gasteiger partial charge in [-0.2, -0.15) is 5.10 Å². The summed E-state index contributed by atoms with van der Waals surface area (Å²) in [7, 11) is 1.94. The van der Waals surface area contributed by atoms with Gasteiger partial charge in [-0.15, -0.1) is 11.3 Å². The molecule has 2 aromatic rings. The van der Waals surface area contributed by atoms with Gasteiger partial charge in [0.05, 0.1) is 11.9 Å². The van der Waals surface area contributed by atoms with E-state index in [-0.39, 0.29) is 0 Å². The molecule has 76 valence electrons. The summed E-state index contributed by atoms with van der Waals surface area (Å²) in [6, 6.07) is 14.2. The van der Waals surface area contributed by atoms with Gasteiger partial charge in [0.25, 0.3) is 0 Å². The molecular weight excluding hydrogens is 204 g/mol. The van der Waals surface area contributed by atoms with Gasteiger partial charge in [-0.05, 0) is 23.6 Å². The standard InChI is InChI=1S/C12H12N2S/c1-14(11-6-3-2-4-7-11)13-10-12-8-5-9-15-12/h2-10H,1H3. The SMILES string of the molecule is CN(N=Cc1cccs1)c1ccccc1. The summed E-state index contributed by atoms with van der Waals surface area (Å²) in [5.74, 6) is 0. The minimum Gasteiger partial charge on any atom is -0.269 e. The molecule has 0 fully saturated rings. The average molecular weight is 216 g/mol. The Bertz CT molecular complexity index is 420. The molecule has 1 heterocycles. The van der Waals surface area contributed by atoms with E-state index in [0.717, 1.165) is 10.6 Å². The van der Waals surface area contributed by atoms with Gasteiger partial charge >= 0.3 is 0 Å². The molecule has 0 aliphatic carbocycles. The van der Waals surface area contributed by atoms with Crippen LogP contribution in [0, 0.1) is 0 Å². The third kappa shape index (κ3) is 2.67. The van der Waals surface area contributed by atoms with Crippen molar-refractivity contribution in [2.24, 2.45) is 5.10 Å². The molecule has 0 radical (unpaired) electrons. The fourth-order valence-electron chi connectivity index (χ4n) is 1.22. The molecule has 3 heteroatoms. The first kappa shape index (κ1) is 9.93. The summed E-state index contributed by atoms with van der Waals surface area (Å²) in [6.07, 6.45) is 1.87. The number of thiophene rings is 1. The molecule has 0 amide bonds. The van der Waals surface area contributed by atoms with Crippen LogP contribution in [0.5, 0.6) is 0 Å². The number of benzene rings is 1. The summed E-state index contributed by atoms with van der Waals surface area (Å²) in [5.41, 5.74) is 1.09. The van der Waals surface area contributed by atoms with Crippen LogP contribution in [-0.2, 0) is 0 Å². The van der Waals surface area contributed by atoms with Crippen molar-refractivity contribution in [2.75, 3.05) is 12.1 Å². The van der Waals surface area contributed by atoms with Crippen LogP contribution in [0.25, 0.3) is 0 Å².